The lowest BCUT2D eigenvalue weighted by molar-refractivity contribution is 1.17. The number of aromatic nitrogens is 1. The second-order valence-electron chi connectivity index (χ2n) is 14.7. The zero-order valence-electron chi connectivity index (χ0n) is 31.3. The molecular weight excluding hydrogens is 665 g/mol. The highest BCUT2D eigenvalue weighted by molar-refractivity contribution is 6.98. The van der Waals surface area contributed by atoms with Gasteiger partial charge in [0.15, 0.2) is 0 Å². The molecule has 0 atom stereocenters. The van der Waals surface area contributed by atoms with Crippen molar-refractivity contribution in [3.63, 3.8) is 0 Å². The molecule has 1 aliphatic heterocycles. The lowest BCUT2D eigenvalue weighted by Gasteiger charge is -2.38. The summed E-state index contributed by atoms with van der Waals surface area (Å²) >= 11 is 0. The van der Waals surface area contributed by atoms with Crippen molar-refractivity contribution in [2.24, 2.45) is 0 Å². The summed E-state index contributed by atoms with van der Waals surface area (Å²) in [6.45, 7) is 6.78. The first kappa shape index (κ1) is 32.8. The Kier molecular flexibility index (Phi) is 7.92. The molecule has 4 heteroatoms. The van der Waals surface area contributed by atoms with E-state index in [0.29, 0.717) is 0 Å². The number of fused-ring (bicyclic) bond motifs is 5. The normalized spacial score (nSPS) is 12.2. The van der Waals surface area contributed by atoms with Crippen molar-refractivity contribution in [3.05, 3.63) is 205 Å². The molecule has 10 rings (SSSR count). The fourth-order valence-corrected chi connectivity index (χ4v) is 8.90. The van der Waals surface area contributed by atoms with Gasteiger partial charge in [-0.1, -0.05) is 137 Å². The zero-order chi connectivity index (χ0) is 37.0. The van der Waals surface area contributed by atoms with E-state index in [4.69, 9.17) is 0 Å². The fraction of sp³-hybridized carbons (Fsp3) is 0.0588. The van der Waals surface area contributed by atoms with Gasteiger partial charge in [-0.3, -0.25) is 0 Å². The van der Waals surface area contributed by atoms with E-state index in [0.717, 1.165) is 22.7 Å². The van der Waals surface area contributed by atoms with E-state index < -0.39 is 0 Å². The van der Waals surface area contributed by atoms with Gasteiger partial charge < -0.3 is 14.4 Å². The van der Waals surface area contributed by atoms with E-state index in [-0.39, 0.29) is 6.71 Å². The highest BCUT2D eigenvalue weighted by Crippen LogP contribution is 2.43. The molecule has 0 radical (unpaired) electrons. The molecule has 0 spiro atoms. The lowest BCUT2D eigenvalue weighted by atomic mass is 9.34. The summed E-state index contributed by atoms with van der Waals surface area (Å²) in [4.78, 5) is 4.88. The van der Waals surface area contributed by atoms with Gasteiger partial charge in [-0.2, -0.15) is 0 Å². The van der Waals surface area contributed by atoms with E-state index in [9.17, 15) is 0 Å². The monoisotopic (exact) mass is 705 g/mol. The van der Waals surface area contributed by atoms with E-state index in [1.807, 2.05) is 0 Å². The largest absolute Gasteiger partial charge is 0.312 e. The molecule has 9 aromatic rings. The van der Waals surface area contributed by atoms with Gasteiger partial charge in [-0.15, -0.1) is 0 Å². The highest BCUT2D eigenvalue weighted by atomic mass is 15.2. The van der Waals surface area contributed by atoms with Gasteiger partial charge in [-0.05, 0) is 104 Å². The number of benzene rings is 8. The number of para-hydroxylation sites is 5. The summed E-state index contributed by atoms with van der Waals surface area (Å²) in [7, 11) is 0. The summed E-state index contributed by atoms with van der Waals surface area (Å²) in [6.07, 6.45) is 0. The lowest BCUT2D eigenvalue weighted by Crippen LogP contribution is -2.58. The first-order chi connectivity index (χ1) is 27.1. The van der Waals surface area contributed by atoms with E-state index >= 15 is 0 Å². The second-order valence-corrected chi connectivity index (χ2v) is 14.7. The van der Waals surface area contributed by atoms with Crippen LogP contribution in [0.15, 0.2) is 188 Å². The molecule has 3 nitrogen and oxygen atoms in total. The summed E-state index contributed by atoms with van der Waals surface area (Å²) < 4.78 is 2.43. The highest BCUT2D eigenvalue weighted by Gasteiger charge is 2.37. The van der Waals surface area contributed by atoms with Gasteiger partial charge in [0.2, 0.25) is 6.71 Å². The maximum Gasteiger partial charge on any atom is 0.247 e. The van der Waals surface area contributed by atoms with Crippen molar-refractivity contribution in [2.45, 2.75) is 20.8 Å². The minimum absolute atomic E-state index is 0.0809. The maximum absolute atomic E-state index is 2.45. The van der Waals surface area contributed by atoms with Crippen LogP contribution in [0.25, 0.3) is 27.5 Å². The standard InChI is InChI=1S/C51H40BN3/c1-35-28-30-40(31-29-35)54-47-25-13-11-23-45(47)52(50-36(2)16-14-26-48(50)54)44-33-32-41(34-37(44)3)53(38-17-6-4-7-18-38)49-27-15-22-43-42-21-10-12-24-46(42)55(51(43)49)39-19-8-5-9-20-39/h4-34H,1-3H3. The summed E-state index contributed by atoms with van der Waals surface area (Å²) in [6, 6.07) is 68.8. The minimum atomic E-state index is 0.0809. The third kappa shape index (κ3) is 5.36. The van der Waals surface area contributed by atoms with Crippen molar-refractivity contribution in [1.29, 1.82) is 0 Å². The Balaban J connectivity index is 1.18. The van der Waals surface area contributed by atoms with Crippen molar-refractivity contribution in [2.75, 3.05) is 9.80 Å². The van der Waals surface area contributed by atoms with Crippen molar-refractivity contribution in [1.82, 2.24) is 4.57 Å². The molecule has 0 amide bonds. The predicted molar refractivity (Wildman–Crippen MR) is 235 cm³/mol. The Morgan fingerprint density at radius 1 is 0.455 bits per heavy atom. The Hall–Kier alpha value is -6.78. The van der Waals surface area contributed by atoms with E-state index in [1.54, 1.807) is 0 Å². The van der Waals surface area contributed by atoms with Crippen molar-refractivity contribution in [3.8, 4) is 5.69 Å². The summed E-state index contributed by atoms with van der Waals surface area (Å²) in [5, 5.41) is 2.47. The molecule has 55 heavy (non-hydrogen) atoms. The van der Waals surface area contributed by atoms with Crippen molar-refractivity contribution < 1.29 is 0 Å². The van der Waals surface area contributed by atoms with Crippen LogP contribution in [0.2, 0.25) is 0 Å². The third-order valence-electron chi connectivity index (χ3n) is 11.4. The molecule has 1 aromatic heterocycles. The molecule has 262 valence electrons. The molecular formula is C51H40BN3. The van der Waals surface area contributed by atoms with Crippen LogP contribution >= 0.6 is 0 Å². The van der Waals surface area contributed by atoms with Gasteiger partial charge in [0.05, 0.1) is 16.7 Å². The predicted octanol–water partition coefficient (Wildman–Crippen LogP) is 11.5. The molecule has 1 aliphatic rings. The first-order valence-electron chi connectivity index (χ1n) is 19.2. The van der Waals surface area contributed by atoms with Gasteiger partial charge >= 0.3 is 0 Å². The van der Waals surface area contributed by atoms with Gasteiger partial charge in [0.25, 0.3) is 0 Å². The molecule has 2 heterocycles. The van der Waals surface area contributed by atoms with Crippen LogP contribution < -0.4 is 26.2 Å². The van der Waals surface area contributed by atoms with Crippen LogP contribution in [0.3, 0.4) is 0 Å². The number of hydrogen-bond donors (Lipinski definition) is 0. The smallest absolute Gasteiger partial charge is 0.247 e. The maximum atomic E-state index is 2.45. The topological polar surface area (TPSA) is 11.4 Å². The fourth-order valence-electron chi connectivity index (χ4n) is 8.90. The van der Waals surface area contributed by atoms with Gasteiger partial charge in [0.1, 0.15) is 0 Å². The molecule has 0 N–H and O–H groups in total. The molecule has 0 bridgehead atoms. The molecule has 0 unspecified atom stereocenters. The number of aryl methyl sites for hydroxylation is 3. The van der Waals surface area contributed by atoms with Crippen LogP contribution in [-0.2, 0) is 0 Å². The van der Waals surface area contributed by atoms with Gasteiger partial charge in [-0.25, -0.2) is 0 Å². The minimum Gasteiger partial charge on any atom is -0.312 e. The van der Waals surface area contributed by atoms with Crippen molar-refractivity contribution >= 4 is 79.0 Å². The number of anilines is 6. The van der Waals surface area contributed by atoms with Crippen LogP contribution in [0.1, 0.15) is 16.7 Å². The van der Waals surface area contributed by atoms with E-state index in [1.165, 1.54) is 71.9 Å². The average molecular weight is 706 g/mol. The number of rotatable bonds is 6. The Bertz CT molecular complexity index is 2860. The zero-order valence-corrected chi connectivity index (χ0v) is 31.3. The van der Waals surface area contributed by atoms with Gasteiger partial charge in [0, 0.05) is 44.9 Å². The molecule has 0 saturated heterocycles. The number of nitrogens with zero attached hydrogens (tertiary/aromatic N) is 3. The Morgan fingerprint density at radius 2 is 1.13 bits per heavy atom. The molecule has 0 fully saturated rings. The third-order valence-corrected chi connectivity index (χ3v) is 11.4. The quantitative estimate of drug-likeness (QED) is 0.160. The average Bonchev–Trinajstić information content (AvgIpc) is 3.57. The molecule has 0 aliphatic carbocycles. The Labute approximate surface area is 323 Å². The molecule has 0 saturated carbocycles. The Morgan fingerprint density at radius 3 is 1.93 bits per heavy atom. The molecule has 8 aromatic carbocycles. The van der Waals surface area contributed by atoms with Crippen LogP contribution in [0.5, 0.6) is 0 Å². The second kappa shape index (κ2) is 13.3. The van der Waals surface area contributed by atoms with Crippen LogP contribution in [0, 0.1) is 20.8 Å². The van der Waals surface area contributed by atoms with Crippen LogP contribution in [-0.4, -0.2) is 11.3 Å². The summed E-state index contributed by atoms with van der Waals surface area (Å²) in [5.74, 6) is 0. The number of hydrogen-bond acceptors (Lipinski definition) is 2. The first-order valence-corrected chi connectivity index (χ1v) is 19.2. The van der Waals surface area contributed by atoms with E-state index in [2.05, 4.69) is 223 Å². The SMILES string of the molecule is Cc1ccc(N2c3ccccc3B(c3ccc(N(c4ccccc4)c4cccc5c6ccccc6n(-c6ccccc6)c45)cc3C)c3c(C)cccc32)cc1. The summed E-state index contributed by atoms with van der Waals surface area (Å²) in [5.41, 5.74) is 18.3. The van der Waals surface area contributed by atoms with Crippen LogP contribution in [0.4, 0.5) is 34.1 Å².